The molecule has 1 unspecified atom stereocenters. The molecule has 28 heavy (non-hydrogen) atoms. The number of para-hydroxylation sites is 1. The van der Waals surface area contributed by atoms with E-state index >= 15 is 0 Å². The molecule has 2 aromatic carbocycles. The number of hydrogen-bond donors (Lipinski definition) is 1. The van der Waals surface area contributed by atoms with Crippen molar-refractivity contribution in [3.8, 4) is 5.75 Å². The average Bonchev–Trinajstić information content (AvgIpc) is 2.63. The number of carbonyl (C=O) groups excluding carboxylic acids is 1. The molecular formula is C20H21ClF3NO3. The number of methoxy groups -OCH3 is 1. The van der Waals surface area contributed by atoms with Crippen molar-refractivity contribution in [1.82, 2.24) is 0 Å². The number of hydrogen-bond acceptors (Lipinski definition) is 3. The number of alkyl halides is 3. The lowest BCUT2D eigenvalue weighted by atomic mass is 9.99. The number of ether oxygens (including phenoxy) is 2. The number of benzene rings is 2. The topological polar surface area (TPSA) is 47.6 Å². The summed E-state index contributed by atoms with van der Waals surface area (Å²) in [6, 6.07) is 9.78. The molecule has 1 amide bonds. The summed E-state index contributed by atoms with van der Waals surface area (Å²) < 4.78 is 48.4. The molecule has 0 fully saturated rings. The molecule has 1 N–H and O–H groups in total. The molecule has 0 aliphatic rings. The predicted molar refractivity (Wildman–Crippen MR) is 102 cm³/mol. The fraction of sp³-hybridized carbons (Fsp3) is 0.350. The van der Waals surface area contributed by atoms with Crippen molar-refractivity contribution in [2.45, 2.75) is 19.5 Å². The van der Waals surface area contributed by atoms with Gasteiger partial charge in [0.2, 0.25) is 5.91 Å². The number of nitrogens with one attached hydrogen (secondary N) is 1. The van der Waals surface area contributed by atoms with Crippen LogP contribution < -0.4 is 10.1 Å². The summed E-state index contributed by atoms with van der Waals surface area (Å²) in [7, 11) is 1.54. The van der Waals surface area contributed by atoms with Crippen molar-refractivity contribution in [3.63, 3.8) is 0 Å². The van der Waals surface area contributed by atoms with E-state index in [9.17, 15) is 18.0 Å². The van der Waals surface area contributed by atoms with Gasteiger partial charge >= 0.3 is 6.18 Å². The van der Waals surface area contributed by atoms with E-state index in [0.717, 1.165) is 12.1 Å². The summed E-state index contributed by atoms with van der Waals surface area (Å²) in [5.41, 5.74) is 0.344. The number of carbonyl (C=O) groups is 1. The number of anilines is 1. The van der Waals surface area contributed by atoms with Crippen molar-refractivity contribution >= 4 is 23.2 Å². The molecule has 0 radical (unpaired) electrons. The third-order valence-corrected chi connectivity index (χ3v) is 4.33. The maximum atomic E-state index is 12.6. The zero-order valence-electron chi connectivity index (χ0n) is 15.5. The molecule has 0 aromatic heterocycles. The zero-order chi connectivity index (χ0) is 20.7. The highest BCUT2D eigenvalue weighted by atomic mass is 35.5. The zero-order valence-corrected chi connectivity index (χ0v) is 16.2. The van der Waals surface area contributed by atoms with E-state index in [1.54, 1.807) is 32.2 Å². The first-order valence-corrected chi connectivity index (χ1v) is 8.97. The van der Waals surface area contributed by atoms with Crippen LogP contribution in [0.3, 0.4) is 0 Å². The number of halogens is 4. The highest BCUT2D eigenvalue weighted by Crippen LogP contribution is 2.33. The minimum atomic E-state index is -4.38. The average molecular weight is 416 g/mol. The summed E-state index contributed by atoms with van der Waals surface area (Å²) in [6.45, 7) is 2.33. The van der Waals surface area contributed by atoms with Crippen LogP contribution >= 0.6 is 11.6 Å². The predicted octanol–water partition coefficient (Wildman–Crippen LogP) is 5.20. The summed E-state index contributed by atoms with van der Waals surface area (Å²) in [4.78, 5) is 12.5. The van der Waals surface area contributed by atoms with Gasteiger partial charge < -0.3 is 14.8 Å². The molecule has 152 valence electrons. The minimum Gasteiger partial charge on any atom is -0.487 e. The van der Waals surface area contributed by atoms with Crippen LogP contribution in [0.15, 0.2) is 42.5 Å². The van der Waals surface area contributed by atoms with Gasteiger partial charge in [-0.15, -0.1) is 0 Å². The van der Waals surface area contributed by atoms with Crippen LogP contribution in [-0.4, -0.2) is 26.2 Å². The maximum Gasteiger partial charge on any atom is 0.416 e. The van der Waals surface area contributed by atoms with Gasteiger partial charge in [-0.1, -0.05) is 36.7 Å². The largest absolute Gasteiger partial charge is 0.487 e. The molecule has 8 heteroatoms. The van der Waals surface area contributed by atoms with Crippen LogP contribution in [0.4, 0.5) is 18.9 Å². The number of amides is 1. The van der Waals surface area contributed by atoms with Gasteiger partial charge in [-0.2, -0.15) is 13.2 Å². The van der Waals surface area contributed by atoms with E-state index in [1.165, 1.54) is 12.1 Å². The normalized spacial score (nSPS) is 12.5. The smallest absolute Gasteiger partial charge is 0.416 e. The molecule has 4 nitrogen and oxygen atoms in total. The lowest BCUT2D eigenvalue weighted by Gasteiger charge is -2.16. The minimum absolute atomic E-state index is 0.268. The Morgan fingerprint density at radius 3 is 2.43 bits per heavy atom. The maximum absolute atomic E-state index is 12.6. The fourth-order valence-corrected chi connectivity index (χ4v) is 2.74. The third kappa shape index (κ3) is 6.14. The Labute approximate surface area is 166 Å². The molecule has 1 atom stereocenters. The first kappa shape index (κ1) is 22.0. The van der Waals surface area contributed by atoms with Crippen LogP contribution in [0.25, 0.3) is 0 Å². The van der Waals surface area contributed by atoms with E-state index < -0.39 is 17.7 Å². The molecule has 0 aliphatic carbocycles. The molecule has 0 saturated heterocycles. The Balaban J connectivity index is 2.03. The van der Waals surface area contributed by atoms with E-state index in [1.807, 2.05) is 0 Å². The van der Waals surface area contributed by atoms with Crippen LogP contribution in [0, 0.1) is 5.92 Å². The Morgan fingerprint density at radius 2 is 1.82 bits per heavy atom. The van der Waals surface area contributed by atoms with Crippen LogP contribution in [0.1, 0.15) is 18.1 Å². The van der Waals surface area contributed by atoms with E-state index in [-0.39, 0.29) is 12.5 Å². The molecule has 0 spiro atoms. The molecular weight excluding hydrogens is 395 g/mol. The van der Waals surface area contributed by atoms with Crippen molar-refractivity contribution in [2.75, 3.05) is 25.6 Å². The molecule has 0 bridgehead atoms. The van der Waals surface area contributed by atoms with Gasteiger partial charge in [0.1, 0.15) is 6.61 Å². The van der Waals surface area contributed by atoms with Gasteiger partial charge in [0.15, 0.2) is 5.75 Å². The second-order valence-corrected chi connectivity index (χ2v) is 6.65. The molecule has 2 rings (SSSR count). The Morgan fingerprint density at radius 1 is 1.14 bits per heavy atom. The summed E-state index contributed by atoms with van der Waals surface area (Å²) in [6.07, 6.45) is -4.09. The van der Waals surface area contributed by atoms with Gasteiger partial charge in [0.25, 0.3) is 0 Å². The third-order valence-electron chi connectivity index (χ3n) is 4.03. The Bertz CT molecular complexity index is 794. The Hall–Kier alpha value is -2.25. The SMILES string of the molecule is COCCOc1c(Cl)cccc1NC(=O)C(C)Cc1ccc(C(F)(F)F)cc1. The van der Waals surface area contributed by atoms with Crippen molar-refractivity contribution in [1.29, 1.82) is 0 Å². The highest BCUT2D eigenvalue weighted by Gasteiger charge is 2.30. The second-order valence-electron chi connectivity index (χ2n) is 6.25. The quantitative estimate of drug-likeness (QED) is 0.603. The van der Waals surface area contributed by atoms with Crippen molar-refractivity contribution in [3.05, 3.63) is 58.6 Å². The summed E-state index contributed by atoms with van der Waals surface area (Å²) in [5, 5.41) is 3.12. The first-order chi connectivity index (χ1) is 13.2. The second kappa shape index (κ2) is 9.80. The fourth-order valence-electron chi connectivity index (χ4n) is 2.51. The Kier molecular flexibility index (Phi) is 7.71. The van der Waals surface area contributed by atoms with E-state index in [4.69, 9.17) is 21.1 Å². The summed E-state index contributed by atoms with van der Waals surface area (Å²) >= 11 is 6.14. The molecule has 0 saturated carbocycles. The van der Waals surface area contributed by atoms with Crippen LogP contribution in [-0.2, 0) is 22.1 Å². The lowest BCUT2D eigenvalue weighted by molar-refractivity contribution is -0.137. The van der Waals surface area contributed by atoms with Gasteiger partial charge in [-0.05, 0) is 36.2 Å². The van der Waals surface area contributed by atoms with E-state index in [0.29, 0.717) is 35.1 Å². The van der Waals surface area contributed by atoms with Gasteiger partial charge in [-0.3, -0.25) is 4.79 Å². The van der Waals surface area contributed by atoms with Crippen LogP contribution in [0.5, 0.6) is 5.75 Å². The van der Waals surface area contributed by atoms with Crippen molar-refractivity contribution < 1.29 is 27.4 Å². The van der Waals surface area contributed by atoms with Crippen molar-refractivity contribution in [2.24, 2.45) is 5.92 Å². The summed E-state index contributed by atoms with van der Waals surface area (Å²) in [5.74, 6) is -0.419. The molecule has 0 aliphatic heterocycles. The molecule has 0 heterocycles. The first-order valence-electron chi connectivity index (χ1n) is 8.59. The monoisotopic (exact) mass is 415 g/mol. The molecule has 2 aromatic rings. The van der Waals surface area contributed by atoms with Gasteiger partial charge in [0.05, 0.1) is 22.9 Å². The highest BCUT2D eigenvalue weighted by molar-refractivity contribution is 6.32. The van der Waals surface area contributed by atoms with Crippen LogP contribution in [0.2, 0.25) is 5.02 Å². The van der Waals surface area contributed by atoms with E-state index in [2.05, 4.69) is 5.32 Å². The lowest BCUT2D eigenvalue weighted by Crippen LogP contribution is -2.22. The standard InChI is InChI=1S/C20H21ClF3NO3/c1-13(12-14-6-8-15(9-7-14)20(22,23)24)19(26)25-17-5-3-4-16(21)18(17)28-11-10-27-2/h3-9,13H,10-12H2,1-2H3,(H,25,26). The number of rotatable bonds is 8. The van der Waals surface area contributed by atoms with Gasteiger partial charge in [0, 0.05) is 13.0 Å². The van der Waals surface area contributed by atoms with Gasteiger partial charge in [-0.25, -0.2) is 0 Å².